The van der Waals surface area contributed by atoms with Crippen molar-refractivity contribution in [1.82, 2.24) is 29.1 Å². The number of hydrogen-bond acceptors (Lipinski definition) is 8. The quantitative estimate of drug-likeness (QED) is 0.166. The van der Waals surface area contributed by atoms with Crippen molar-refractivity contribution < 1.29 is 0 Å². The average molecular weight is 1320 g/mol. The highest BCUT2D eigenvalue weighted by Crippen LogP contribution is 2.51. The molecule has 0 amide bonds. The van der Waals surface area contributed by atoms with E-state index in [0.717, 1.165) is 75.8 Å². The van der Waals surface area contributed by atoms with Gasteiger partial charge < -0.3 is 0 Å². The Labute approximate surface area is 576 Å². The third-order valence-electron chi connectivity index (χ3n) is 19.6. The molecule has 0 atom stereocenters. The molecule has 0 spiro atoms. The first-order valence-electron chi connectivity index (χ1n) is 32.8. The van der Waals surface area contributed by atoms with Crippen LogP contribution in [0.4, 0.5) is 0 Å². The zero-order valence-electron chi connectivity index (χ0n) is 52.2. The van der Waals surface area contributed by atoms with Crippen molar-refractivity contribution in [2.24, 2.45) is 0 Å². The van der Waals surface area contributed by atoms with Gasteiger partial charge in [-0.1, -0.05) is 261 Å². The number of fused-ring (bicyclic) bond motifs is 26. The van der Waals surface area contributed by atoms with Gasteiger partial charge in [0.15, 0.2) is 0 Å². The summed E-state index contributed by atoms with van der Waals surface area (Å²) in [5.74, 6) is 1.38. The molecule has 98 heavy (non-hydrogen) atoms. The van der Waals surface area contributed by atoms with E-state index >= 15 is 0 Å². The fourth-order valence-corrected chi connectivity index (χ4v) is 20.1. The SMILES string of the molecule is c1ccc(-c2ccc(-c3nc(-n4c5ccccc5c5c6ccccc6c6sc7ccccc7c6c54)nc4c3sc3ccccc34)cc2)cc1.c1ccc(-c2cccc(-c3nc(-n4c5ccccc5c5c6ccccc6c6sc7ccccc7c6c54)nc4c3sc3ccccc34)c2)cc1. The molecule has 0 aliphatic rings. The molecule has 0 saturated carbocycles. The number of benzene rings is 14. The Kier molecular flexibility index (Phi) is 12.4. The summed E-state index contributed by atoms with van der Waals surface area (Å²) in [5, 5.41) is 17.3. The lowest BCUT2D eigenvalue weighted by Crippen LogP contribution is -2.03. The number of thiophene rings is 4. The minimum atomic E-state index is 0.689. The predicted octanol–water partition coefficient (Wildman–Crippen LogP) is 25.6. The molecule has 0 bridgehead atoms. The largest absolute Gasteiger partial charge is 0.277 e. The van der Waals surface area contributed by atoms with Crippen LogP contribution in [0.25, 0.3) is 203 Å². The van der Waals surface area contributed by atoms with Crippen molar-refractivity contribution in [2.45, 2.75) is 0 Å². The lowest BCUT2D eigenvalue weighted by molar-refractivity contribution is 1.02. The molecule has 22 rings (SSSR count). The summed E-state index contributed by atoms with van der Waals surface area (Å²) >= 11 is 7.29. The number of hydrogen-bond donors (Lipinski definition) is 0. The molecule has 0 fully saturated rings. The van der Waals surface area contributed by atoms with E-state index in [-0.39, 0.29) is 0 Å². The molecule has 0 radical (unpaired) electrons. The topological polar surface area (TPSA) is 61.4 Å². The Morgan fingerprint density at radius 2 is 0.541 bits per heavy atom. The summed E-state index contributed by atoms with van der Waals surface area (Å²) in [7, 11) is 0. The number of para-hydroxylation sites is 2. The van der Waals surface area contributed by atoms with Crippen molar-refractivity contribution in [1.29, 1.82) is 0 Å². The number of aromatic nitrogens is 6. The Morgan fingerprint density at radius 1 is 0.214 bits per heavy atom. The summed E-state index contributed by atoms with van der Waals surface area (Å²) in [5.41, 5.74) is 15.3. The zero-order valence-corrected chi connectivity index (χ0v) is 55.4. The standard InChI is InChI=1S/2C44H25N3S2/c1-2-13-26(14-3-1)27-15-12-16-28(25-27)39-43-40(33-21-8-11-24-36(33)49-43)46-44(45-39)47-34-22-9-6-19-31(34)37-29-17-4-5-18-30(29)42-38(41(37)47)32-20-7-10-23-35(32)48-42;1-2-12-26(13-3-1)27-22-24-28(25-23-27)39-43-40(33-18-8-11-21-36(33)49-43)46-44(45-39)47-34-19-9-6-16-31(34)37-29-14-4-5-15-30(29)42-38(41(37)47)32-17-7-10-20-35(32)48-42/h2*1-25H. The van der Waals surface area contributed by atoms with E-state index in [1.54, 1.807) is 22.7 Å². The van der Waals surface area contributed by atoms with Crippen LogP contribution in [-0.4, -0.2) is 29.1 Å². The third-order valence-corrected chi connectivity index (χ3v) is 24.4. The van der Waals surface area contributed by atoms with E-state index in [9.17, 15) is 0 Å². The molecule has 0 aliphatic carbocycles. The maximum Gasteiger partial charge on any atom is 0.235 e. The Morgan fingerprint density at radius 3 is 1.02 bits per heavy atom. The van der Waals surface area contributed by atoms with Crippen LogP contribution in [0, 0.1) is 0 Å². The van der Waals surface area contributed by atoms with Crippen LogP contribution in [0.1, 0.15) is 0 Å². The highest BCUT2D eigenvalue weighted by molar-refractivity contribution is 7.28. The molecular weight excluding hydrogens is 1270 g/mol. The van der Waals surface area contributed by atoms with E-state index in [2.05, 4.69) is 312 Å². The summed E-state index contributed by atoms with van der Waals surface area (Å²) in [6.45, 7) is 0. The smallest absolute Gasteiger partial charge is 0.235 e. The highest BCUT2D eigenvalue weighted by atomic mass is 32.1. The summed E-state index contributed by atoms with van der Waals surface area (Å²) in [6.07, 6.45) is 0. The predicted molar refractivity (Wildman–Crippen MR) is 421 cm³/mol. The van der Waals surface area contributed by atoms with Gasteiger partial charge in [0, 0.05) is 104 Å². The fourth-order valence-electron chi connectivity index (χ4n) is 15.3. The summed E-state index contributed by atoms with van der Waals surface area (Å²) in [4.78, 5) is 22.1. The van der Waals surface area contributed by atoms with Gasteiger partial charge in [-0.2, -0.15) is 0 Å². The van der Waals surface area contributed by atoms with Gasteiger partial charge in [0.1, 0.15) is 0 Å². The average Bonchev–Trinajstić information content (AvgIpc) is 1.54. The van der Waals surface area contributed by atoms with Crippen LogP contribution >= 0.6 is 45.3 Å². The zero-order chi connectivity index (χ0) is 64.1. The van der Waals surface area contributed by atoms with Crippen molar-refractivity contribution in [3.8, 4) is 56.7 Å². The maximum atomic E-state index is 5.56. The van der Waals surface area contributed by atoms with Gasteiger partial charge in [0.2, 0.25) is 11.9 Å². The van der Waals surface area contributed by atoms with Crippen LogP contribution in [0.15, 0.2) is 303 Å². The molecular formula is C88H50N6S4. The Balaban J connectivity index is 0.000000129. The second-order valence-electron chi connectivity index (χ2n) is 25.0. The highest BCUT2D eigenvalue weighted by Gasteiger charge is 2.28. The molecule has 14 aromatic carbocycles. The van der Waals surface area contributed by atoms with Gasteiger partial charge in [-0.15, -0.1) is 45.3 Å². The second-order valence-corrected chi connectivity index (χ2v) is 29.2. The Bertz CT molecular complexity index is 7050. The number of nitrogens with zero attached hydrogens (tertiary/aromatic N) is 6. The minimum Gasteiger partial charge on any atom is -0.277 e. The summed E-state index contributed by atoms with van der Waals surface area (Å²) in [6, 6.07) is 109. The first kappa shape index (κ1) is 55.5. The molecule has 0 unspecified atom stereocenters. The monoisotopic (exact) mass is 1320 g/mol. The number of rotatable bonds is 6. The van der Waals surface area contributed by atoms with Crippen LogP contribution in [0.5, 0.6) is 0 Å². The van der Waals surface area contributed by atoms with E-state index in [0.29, 0.717) is 11.9 Å². The molecule has 6 nitrogen and oxygen atoms in total. The van der Waals surface area contributed by atoms with Crippen LogP contribution < -0.4 is 0 Å². The maximum absolute atomic E-state index is 5.56. The normalized spacial score (nSPS) is 12.1. The lowest BCUT2D eigenvalue weighted by Gasteiger charge is -2.12. The molecule has 0 aliphatic heterocycles. The van der Waals surface area contributed by atoms with E-state index in [1.165, 1.54) is 115 Å². The van der Waals surface area contributed by atoms with Crippen LogP contribution in [-0.2, 0) is 0 Å². The van der Waals surface area contributed by atoms with E-state index in [4.69, 9.17) is 19.9 Å². The second kappa shape index (κ2) is 21.9. The molecule has 456 valence electrons. The first-order chi connectivity index (χ1) is 48.6. The Hall–Kier alpha value is -11.8. The van der Waals surface area contributed by atoms with Crippen molar-refractivity contribution >= 4 is 191 Å². The van der Waals surface area contributed by atoms with Crippen LogP contribution in [0.2, 0.25) is 0 Å². The lowest BCUT2D eigenvalue weighted by atomic mass is 10.00. The van der Waals surface area contributed by atoms with E-state index in [1.807, 2.05) is 22.7 Å². The molecule has 0 N–H and O–H groups in total. The molecule has 22 aromatic rings. The van der Waals surface area contributed by atoms with Gasteiger partial charge in [-0.25, -0.2) is 19.9 Å². The van der Waals surface area contributed by atoms with Gasteiger partial charge in [0.25, 0.3) is 0 Å². The molecule has 8 heterocycles. The van der Waals surface area contributed by atoms with Crippen molar-refractivity contribution in [2.75, 3.05) is 0 Å². The summed E-state index contributed by atoms with van der Waals surface area (Å²) < 4.78 is 14.5. The fraction of sp³-hybridized carbons (Fsp3) is 0. The first-order valence-corrected chi connectivity index (χ1v) is 36.1. The molecule has 10 heteroatoms. The minimum absolute atomic E-state index is 0.689. The van der Waals surface area contributed by atoms with Gasteiger partial charge in [-0.3, -0.25) is 9.13 Å². The van der Waals surface area contributed by atoms with Crippen molar-refractivity contribution in [3.63, 3.8) is 0 Å². The van der Waals surface area contributed by atoms with E-state index < -0.39 is 0 Å². The van der Waals surface area contributed by atoms with Gasteiger partial charge >= 0.3 is 0 Å². The molecule has 8 aromatic heterocycles. The molecule has 0 saturated heterocycles. The van der Waals surface area contributed by atoms with Gasteiger partial charge in [-0.05, 0) is 75.5 Å². The third kappa shape index (κ3) is 8.36. The van der Waals surface area contributed by atoms with Crippen molar-refractivity contribution in [3.05, 3.63) is 303 Å². The van der Waals surface area contributed by atoms with Crippen LogP contribution in [0.3, 0.4) is 0 Å². The van der Waals surface area contributed by atoms with Gasteiger partial charge in [0.05, 0.1) is 53.9 Å².